The van der Waals surface area contributed by atoms with E-state index < -0.39 is 0 Å². The molecular formula is C13H23N3. The van der Waals surface area contributed by atoms with Gasteiger partial charge in [0.05, 0.1) is 6.33 Å². The lowest BCUT2D eigenvalue weighted by molar-refractivity contribution is 0.463. The zero-order chi connectivity index (χ0) is 11.5. The summed E-state index contributed by atoms with van der Waals surface area (Å²) in [7, 11) is 0. The van der Waals surface area contributed by atoms with E-state index in [9.17, 15) is 0 Å². The second kappa shape index (κ2) is 5.00. The van der Waals surface area contributed by atoms with E-state index in [2.05, 4.69) is 23.4 Å². The van der Waals surface area contributed by atoms with Crippen LogP contribution in [0.25, 0.3) is 0 Å². The number of nitrogens with two attached hydrogens (primary N) is 1. The summed E-state index contributed by atoms with van der Waals surface area (Å²) in [5.41, 5.74) is 7.18. The molecule has 1 aliphatic rings. The van der Waals surface area contributed by atoms with Crippen molar-refractivity contribution in [2.75, 3.05) is 6.54 Å². The molecule has 3 nitrogen and oxygen atoms in total. The molecule has 1 unspecified atom stereocenters. The molecule has 0 amide bonds. The summed E-state index contributed by atoms with van der Waals surface area (Å²) in [4.78, 5) is 4.28. The zero-order valence-corrected chi connectivity index (χ0v) is 10.4. The maximum absolute atomic E-state index is 5.86. The molecule has 1 fully saturated rings. The Morgan fingerprint density at radius 2 is 2.25 bits per heavy atom. The van der Waals surface area contributed by atoms with Gasteiger partial charge in [-0.15, -0.1) is 0 Å². The Labute approximate surface area is 98.1 Å². The highest BCUT2D eigenvalue weighted by Gasteiger charge is 2.22. The van der Waals surface area contributed by atoms with E-state index in [1.165, 1.54) is 25.0 Å². The van der Waals surface area contributed by atoms with Crippen LogP contribution < -0.4 is 5.73 Å². The van der Waals surface area contributed by atoms with Crippen molar-refractivity contribution >= 4 is 0 Å². The normalized spacial score (nSPS) is 18.0. The molecule has 1 aliphatic carbocycles. The van der Waals surface area contributed by atoms with Crippen LogP contribution in [0.2, 0.25) is 0 Å². The van der Waals surface area contributed by atoms with Crippen LogP contribution >= 0.6 is 0 Å². The Bertz CT molecular complexity index is 326. The van der Waals surface area contributed by atoms with Crippen molar-refractivity contribution in [3.63, 3.8) is 0 Å². The SMILES string of the molecule is CC(C)C(CN)c1cncn1CCC1CC1. The van der Waals surface area contributed by atoms with Gasteiger partial charge >= 0.3 is 0 Å². The van der Waals surface area contributed by atoms with Crippen molar-refractivity contribution in [2.24, 2.45) is 17.6 Å². The minimum Gasteiger partial charge on any atom is -0.334 e. The summed E-state index contributed by atoms with van der Waals surface area (Å²) in [6.07, 6.45) is 8.11. The minimum atomic E-state index is 0.446. The Hall–Kier alpha value is -0.830. The molecular weight excluding hydrogens is 198 g/mol. The van der Waals surface area contributed by atoms with Gasteiger partial charge < -0.3 is 10.3 Å². The first-order chi connectivity index (χ1) is 7.72. The van der Waals surface area contributed by atoms with E-state index in [-0.39, 0.29) is 0 Å². The Morgan fingerprint density at radius 3 is 2.81 bits per heavy atom. The predicted octanol–water partition coefficient (Wildman–Crippen LogP) is 2.38. The van der Waals surface area contributed by atoms with Gasteiger partial charge in [0.1, 0.15) is 0 Å². The van der Waals surface area contributed by atoms with E-state index in [1.807, 2.05) is 12.5 Å². The monoisotopic (exact) mass is 221 g/mol. The average Bonchev–Trinajstić information content (AvgIpc) is 2.97. The van der Waals surface area contributed by atoms with Crippen LogP contribution in [0.5, 0.6) is 0 Å². The number of aromatic nitrogens is 2. The number of nitrogens with zero attached hydrogens (tertiary/aromatic N) is 2. The van der Waals surface area contributed by atoms with Gasteiger partial charge in [-0.25, -0.2) is 4.98 Å². The summed E-state index contributed by atoms with van der Waals surface area (Å²) in [6, 6.07) is 0. The van der Waals surface area contributed by atoms with E-state index in [0.29, 0.717) is 18.4 Å². The van der Waals surface area contributed by atoms with Crippen molar-refractivity contribution in [3.8, 4) is 0 Å². The lowest BCUT2D eigenvalue weighted by Crippen LogP contribution is -2.21. The highest BCUT2D eigenvalue weighted by molar-refractivity contribution is 5.08. The fourth-order valence-electron chi connectivity index (χ4n) is 2.29. The summed E-state index contributed by atoms with van der Waals surface area (Å²) >= 11 is 0. The molecule has 1 heterocycles. The van der Waals surface area contributed by atoms with Gasteiger partial charge in [0, 0.05) is 30.9 Å². The number of imidazole rings is 1. The molecule has 1 atom stereocenters. The highest BCUT2D eigenvalue weighted by atomic mass is 15.0. The van der Waals surface area contributed by atoms with Crippen molar-refractivity contribution in [2.45, 2.75) is 45.6 Å². The van der Waals surface area contributed by atoms with Crippen molar-refractivity contribution in [1.29, 1.82) is 0 Å². The van der Waals surface area contributed by atoms with Crippen molar-refractivity contribution in [1.82, 2.24) is 9.55 Å². The van der Waals surface area contributed by atoms with Crippen molar-refractivity contribution < 1.29 is 0 Å². The van der Waals surface area contributed by atoms with Gasteiger partial charge in [-0.3, -0.25) is 0 Å². The smallest absolute Gasteiger partial charge is 0.0948 e. The molecule has 1 aromatic heterocycles. The van der Waals surface area contributed by atoms with Crippen molar-refractivity contribution in [3.05, 3.63) is 18.2 Å². The molecule has 2 N–H and O–H groups in total. The molecule has 1 saturated carbocycles. The standard InChI is InChI=1S/C13H23N3/c1-10(2)12(7-14)13-8-15-9-16(13)6-5-11-3-4-11/h8-12H,3-7,14H2,1-2H3. The third-order valence-corrected chi connectivity index (χ3v) is 3.66. The van der Waals surface area contributed by atoms with Gasteiger partial charge in [0.15, 0.2) is 0 Å². The average molecular weight is 221 g/mol. The molecule has 0 saturated heterocycles. The van der Waals surface area contributed by atoms with Gasteiger partial charge in [-0.1, -0.05) is 26.7 Å². The molecule has 0 bridgehead atoms. The quantitative estimate of drug-likeness (QED) is 0.801. The molecule has 2 rings (SSSR count). The second-order valence-electron chi connectivity index (χ2n) is 5.33. The molecule has 0 aliphatic heterocycles. The van der Waals surface area contributed by atoms with E-state index in [4.69, 9.17) is 5.73 Å². The van der Waals surface area contributed by atoms with E-state index >= 15 is 0 Å². The van der Waals surface area contributed by atoms with Crippen LogP contribution in [-0.2, 0) is 6.54 Å². The first-order valence-corrected chi connectivity index (χ1v) is 6.42. The van der Waals surface area contributed by atoms with Crippen LogP contribution in [0.15, 0.2) is 12.5 Å². The molecule has 90 valence electrons. The van der Waals surface area contributed by atoms with Crippen LogP contribution in [0, 0.1) is 11.8 Å². The Morgan fingerprint density at radius 1 is 1.50 bits per heavy atom. The molecule has 0 aromatic carbocycles. The molecule has 0 spiro atoms. The second-order valence-corrected chi connectivity index (χ2v) is 5.33. The summed E-state index contributed by atoms with van der Waals surface area (Å²) < 4.78 is 2.30. The van der Waals surface area contributed by atoms with E-state index in [1.54, 1.807) is 0 Å². The molecule has 1 aromatic rings. The fourth-order valence-corrected chi connectivity index (χ4v) is 2.29. The molecule has 16 heavy (non-hydrogen) atoms. The summed E-state index contributed by atoms with van der Waals surface area (Å²) in [6.45, 7) is 6.29. The van der Waals surface area contributed by atoms with Crippen LogP contribution in [-0.4, -0.2) is 16.1 Å². The largest absolute Gasteiger partial charge is 0.334 e. The first-order valence-electron chi connectivity index (χ1n) is 6.42. The Balaban J connectivity index is 2.03. The third kappa shape index (κ3) is 2.64. The highest BCUT2D eigenvalue weighted by Crippen LogP contribution is 2.33. The van der Waals surface area contributed by atoms with Gasteiger partial charge in [0.2, 0.25) is 0 Å². The number of hydrogen-bond donors (Lipinski definition) is 1. The van der Waals surface area contributed by atoms with E-state index in [0.717, 1.165) is 12.5 Å². The number of hydrogen-bond acceptors (Lipinski definition) is 2. The maximum atomic E-state index is 5.86. The van der Waals surface area contributed by atoms with Gasteiger partial charge in [0.25, 0.3) is 0 Å². The fraction of sp³-hybridized carbons (Fsp3) is 0.769. The maximum Gasteiger partial charge on any atom is 0.0948 e. The third-order valence-electron chi connectivity index (χ3n) is 3.66. The molecule has 0 radical (unpaired) electrons. The lowest BCUT2D eigenvalue weighted by atomic mass is 9.93. The number of rotatable bonds is 6. The first kappa shape index (κ1) is 11.6. The van der Waals surface area contributed by atoms with Crippen LogP contribution in [0.1, 0.15) is 44.7 Å². The summed E-state index contributed by atoms with van der Waals surface area (Å²) in [5.74, 6) is 2.01. The van der Waals surface area contributed by atoms with Crippen LogP contribution in [0.3, 0.4) is 0 Å². The predicted molar refractivity (Wildman–Crippen MR) is 66.2 cm³/mol. The topological polar surface area (TPSA) is 43.8 Å². The summed E-state index contributed by atoms with van der Waals surface area (Å²) in [5, 5.41) is 0. The molecule has 3 heteroatoms. The van der Waals surface area contributed by atoms with Gasteiger partial charge in [-0.2, -0.15) is 0 Å². The minimum absolute atomic E-state index is 0.446. The zero-order valence-electron chi connectivity index (χ0n) is 10.4. The van der Waals surface area contributed by atoms with Crippen LogP contribution in [0.4, 0.5) is 0 Å². The Kier molecular flexibility index (Phi) is 3.64. The number of aryl methyl sites for hydroxylation is 1. The van der Waals surface area contributed by atoms with Gasteiger partial charge in [-0.05, 0) is 18.3 Å². The lowest BCUT2D eigenvalue weighted by Gasteiger charge is -2.20.